The van der Waals surface area contributed by atoms with Crippen LogP contribution < -0.4 is 5.56 Å². The summed E-state index contributed by atoms with van der Waals surface area (Å²) in [4.78, 5) is 24.1. The molecule has 0 aliphatic heterocycles. The van der Waals surface area contributed by atoms with Gasteiger partial charge in [0.15, 0.2) is 0 Å². The van der Waals surface area contributed by atoms with Gasteiger partial charge in [-0.25, -0.2) is 0 Å². The van der Waals surface area contributed by atoms with E-state index in [-0.39, 0.29) is 31.9 Å². The molecule has 0 radical (unpaired) electrons. The van der Waals surface area contributed by atoms with E-state index in [0.29, 0.717) is 0 Å². The summed E-state index contributed by atoms with van der Waals surface area (Å²) in [6.07, 6.45) is 1.01. The Morgan fingerprint density at radius 1 is 1.11 bits per heavy atom. The van der Waals surface area contributed by atoms with Crippen molar-refractivity contribution in [2.24, 2.45) is 0 Å². The van der Waals surface area contributed by atoms with Gasteiger partial charge in [0.25, 0.3) is 11.2 Å². The van der Waals surface area contributed by atoms with E-state index in [1.54, 1.807) is 0 Å². The maximum atomic E-state index is 11.7. The van der Waals surface area contributed by atoms with Crippen molar-refractivity contribution in [2.45, 2.75) is 0 Å². The molecule has 98 valence electrons. The van der Waals surface area contributed by atoms with Crippen molar-refractivity contribution in [2.75, 3.05) is 0 Å². The van der Waals surface area contributed by atoms with Crippen molar-refractivity contribution in [3.05, 3.63) is 59.9 Å². The molecule has 0 aliphatic rings. The Bertz CT molecular complexity index is 728. The van der Waals surface area contributed by atoms with Gasteiger partial charge in [-0.1, -0.05) is 40.9 Å². The highest BCUT2D eigenvalue weighted by molar-refractivity contribution is 6.49. The standard InChI is InChI=1S/C11H5Cl3N2O3/c12-8-2-1-6(9(13)10(8)14)7-3-5(16(18)19)4-15-11(7)17/h1-4H,(H,15,17). The van der Waals surface area contributed by atoms with Crippen LogP contribution in [0.2, 0.25) is 15.1 Å². The van der Waals surface area contributed by atoms with Gasteiger partial charge in [-0.2, -0.15) is 0 Å². The summed E-state index contributed by atoms with van der Waals surface area (Å²) < 4.78 is 0. The molecule has 8 heteroatoms. The van der Waals surface area contributed by atoms with Crippen LogP contribution in [0.25, 0.3) is 11.1 Å². The van der Waals surface area contributed by atoms with Gasteiger partial charge in [0.2, 0.25) is 0 Å². The van der Waals surface area contributed by atoms with Crippen LogP contribution in [-0.4, -0.2) is 9.91 Å². The zero-order chi connectivity index (χ0) is 14.2. The second kappa shape index (κ2) is 5.21. The average Bonchev–Trinajstić information content (AvgIpc) is 2.37. The molecular formula is C11H5Cl3N2O3. The van der Waals surface area contributed by atoms with Gasteiger partial charge in [0, 0.05) is 11.6 Å². The molecule has 0 aliphatic carbocycles. The molecule has 1 heterocycles. The molecule has 2 rings (SSSR count). The summed E-state index contributed by atoms with van der Waals surface area (Å²) in [6.45, 7) is 0. The number of pyridine rings is 1. The number of hydrogen-bond acceptors (Lipinski definition) is 3. The summed E-state index contributed by atoms with van der Waals surface area (Å²) in [5, 5.41) is 11.1. The molecule has 1 N–H and O–H groups in total. The summed E-state index contributed by atoms with van der Waals surface area (Å²) in [5.74, 6) is 0. The van der Waals surface area contributed by atoms with Crippen molar-refractivity contribution < 1.29 is 4.92 Å². The number of nitrogens with one attached hydrogen (secondary N) is 1. The van der Waals surface area contributed by atoms with Crippen LogP contribution in [-0.2, 0) is 0 Å². The number of halogens is 3. The van der Waals surface area contributed by atoms with E-state index in [1.807, 2.05) is 0 Å². The number of H-pyrrole nitrogens is 1. The van der Waals surface area contributed by atoms with Crippen LogP contribution in [0.1, 0.15) is 0 Å². The number of aromatic nitrogens is 1. The molecule has 19 heavy (non-hydrogen) atoms. The van der Waals surface area contributed by atoms with Crippen molar-refractivity contribution >= 4 is 40.5 Å². The third kappa shape index (κ3) is 2.58. The number of aromatic amines is 1. The predicted molar refractivity (Wildman–Crippen MR) is 74.2 cm³/mol. The predicted octanol–water partition coefficient (Wildman–Crippen LogP) is 3.91. The average molecular weight is 320 g/mol. The van der Waals surface area contributed by atoms with Gasteiger partial charge in [-0.15, -0.1) is 0 Å². The molecule has 0 spiro atoms. The smallest absolute Gasteiger partial charge is 0.286 e. The molecule has 0 unspecified atom stereocenters. The lowest BCUT2D eigenvalue weighted by atomic mass is 10.1. The van der Waals surface area contributed by atoms with E-state index in [4.69, 9.17) is 34.8 Å². The zero-order valence-corrected chi connectivity index (χ0v) is 11.4. The van der Waals surface area contributed by atoms with Crippen LogP contribution in [0.15, 0.2) is 29.2 Å². The van der Waals surface area contributed by atoms with Crippen LogP contribution >= 0.6 is 34.8 Å². The summed E-state index contributed by atoms with van der Waals surface area (Å²) in [6, 6.07) is 4.07. The van der Waals surface area contributed by atoms with E-state index < -0.39 is 10.5 Å². The molecule has 1 aromatic heterocycles. The lowest BCUT2D eigenvalue weighted by Crippen LogP contribution is -2.09. The van der Waals surface area contributed by atoms with Crippen molar-refractivity contribution in [1.82, 2.24) is 4.98 Å². The minimum atomic E-state index is -0.620. The van der Waals surface area contributed by atoms with Crippen LogP contribution in [0.3, 0.4) is 0 Å². The molecule has 1 aromatic carbocycles. The van der Waals surface area contributed by atoms with E-state index >= 15 is 0 Å². The Hall–Kier alpha value is -1.56. The first-order valence-corrected chi connectivity index (χ1v) is 6.06. The number of nitrogens with zero attached hydrogens (tertiary/aromatic N) is 1. The lowest BCUT2D eigenvalue weighted by Gasteiger charge is -2.06. The van der Waals surface area contributed by atoms with E-state index in [0.717, 1.165) is 12.3 Å². The molecule has 2 aromatic rings. The summed E-state index contributed by atoms with van der Waals surface area (Å²) >= 11 is 17.7. The number of hydrogen-bond donors (Lipinski definition) is 1. The zero-order valence-electron chi connectivity index (χ0n) is 9.12. The molecule has 0 atom stereocenters. The van der Waals surface area contributed by atoms with Gasteiger partial charge in [0.05, 0.1) is 31.8 Å². The first-order chi connectivity index (χ1) is 8.91. The fourth-order valence-corrected chi connectivity index (χ4v) is 2.15. The SMILES string of the molecule is O=c1[nH]cc([N+](=O)[O-])cc1-c1ccc(Cl)c(Cl)c1Cl. The van der Waals surface area contributed by atoms with Crippen molar-refractivity contribution in [1.29, 1.82) is 0 Å². The largest absolute Gasteiger partial charge is 0.322 e. The van der Waals surface area contributed by atoms with Crippen LogP contribution in [0.4, 0.5) is 5.69 Å². The Morgan fingerprint density at radius 2 is 1.79 bits per heavy atom. The van der Waals surface area contributed by atoms with Crippen molar-refractivity contribution in [3.8, 4) is 11.1 Å². The molecule has 0 amide bonds. The highest BCUT2D eigenvalue weighted by Gasteiger charge is 2.16. The Labute approximate surface area is 121 Å². The van der Waals surface area contributed by atoms with Crippen LogP contribution in [0.5, 0.6) is 0 Å². The Kier molecular flexibility index (Phi) is 3.80. The minimum Gasteiger partial charge on any atom is -0.322 e. The molecule has 5 nitrogen and oxygen atoms in total. The third-order valence-corrected chi connectivity index (χ3v) is 3.72. The van der Waals surface area contributed by atoms with Gasteiger partial charge < -0.3 is 4.98 Å². The maximum Gasteiger partial charge on any atom is 0.286 e. The van der Waals surface area contributed by atoms with Gasteiger partial charge in [0.1, 0.15) is 0 Å². The van der Waals surface area contributed by atoms with Gasteiger partial charge >= 0.3 is 0 Å². The van der Waals surface area contributed by atoms with E-state index in [2.05, 4.69) is 4.98 Å². The second-order valence-electron chi connectivity index (χ2n) is 3.58. The topological polar surface area (TPSA) is 76.0 Å². The highest BCUT2D eigenvalue weighted by atomic mass is 35.5. The van der Waals surface area contributed by atoms with Gasteiger partial charge in [-0.3, -0.25) is 14.9 Å². The van der Waals surface area contributed by atoms with Crippen molar-refractivity contribution in [3.63, 3.8) is 0 Å². The minimum absolute atomic E-state index is 0.0535. The van der Waals surface area contributed by atoms with E-state index in [9.17, 15) is 14.9 Å². The highest BCUT2D eigenvalue weighted by Crippen LogP contribution is 2.37. The Balaban J connectivity index is 2.72. The monoisotopic (exact) mass is 318 g/mol. The molecule has 0 fully saturated rings. The molecule has 0 bridgehead atoms. The number of rotatable bonds is 2. The number of benzene rings is 1. The first-order valence-electron chi connectivity index (χ1n) is 4.93. The first kappa shape index (κ1) is 13.9. The maximum absolute atomic E-state index is 11.7. The molecule has 0 saturated carbocycles. The number of nitro groups is 1. The van der Waals surface area contributed by atoms with Crippen LogP contribution in [0, 0.1) is 10.1 Å². The second-order valence-corrected chi connectivity index (χ2v) is 4.74. The quantitative estimate of drug-likeness (QED) is 0.518. The fraction of sp³-hybridized carbons (Fsp3) is 0. The summed E-state index contributed by atoms with van der Waals surface area (Å²) in [5.41, 5.74) is -0.429. The van der Waals surface area contributed by atoms with E-state index in [1.165, 1.54) is 12.1 Å². The molecular weight excluding hydrogens is 314 g/mol. The third-order valence-electron chi connectivity index (χ3n) is 2.42. The Morgan fingerprint density at radius 3 is 2.42 bits per heavy atom. The summed E-state index contributed by atoms with van der Waals surface area (Å²) in [7, 11) is 0. The van der Waals surface area contributed by atoms with Gasteiger partial charge in [-0.05, 0) is 6.07 Å². The lowest BCUT2D eigenvalue weighted by molar-refractivity contribution is -0.385. The fourth-order valence-electron chi connectivity index (χ4n) is 1.51. The molecule has 0 saturated heterocycles. The normalized spacial score (nSPS) is 10.5.